The maximum absolute atomic E-state index is 12.0. The fraction of sp³-hybridized carbons (Fsp3) is 0.615. The number of nitrogens with one attached hydrogen (secondary N) is 3. The largest absolute Gasteiger partial charge is 0.359 e. The van der Waals surface area contributed by atoms with E-state index in [1.54, 1.807) is 19.4 Å². The normalized spacial score (nSPS) is 29.6. The molecule has 3 heterocycles. The summed E-state index contributed by atoms with van der Waals surface area (Å²) in [6.07, 6.45) is 5.66. The van der Waals surface area contributed by atoms with Gasteiger partial charge in [0.25, 0.3) is 0 Å². The van der Waals surface area contributed by atoms with Crippen molar-refractivity contribution in [3.05, 3.63) is 18.5 Å². The first-order valence-electron chi connectivity index (χ1n) is 7.05. The van der Waals surface area contributed by atoms with Crippen LogP contribution >= 0.6 is 0 Å². The minimum atomic E-state index is -0.0608. The van der Waals surface area contributed by atoms with Crippen LogP contribution in [0.3, 0.4) is 0 Å². The van der Waals surface area contributed by atoms with E-state index < -0.39 is 0 Å². The first-order chi connectivity index (χ1) is 9.81. The van der Waals surface area contributed by atoms with Crippen molar-refractivity contribution in [3.63, 3.8) is 0 Å². The Bertz CT molecular complexity index is 467. The third-order valence-corrected chi connectivity index (χ3v) is 4.13. The minimum absolute atomic E-state index is 0.0608. The Hall–Kier alpha value is -1.73. The Morgan fingerprint density at radius 2 is 2.25 bits per heavy atom. The average Bonchev–Trinajstić information content (AvgIpc) is 3.15. The Labute approximate surface area is 118 Å². The Balaban J connectivity index is 1.80. The number of amides is 1. The summed E-state index contributed by atoms with van der Waals surface area (Å²) in [5, 5.41) is 2.75. The summed E-state index contributed by atoms with van der Waals surface area (Å²) in [7, 11) is 1.68. The van der Waals surface area contributed by atoms with E-state index in [1.165, 1.54) is 0 Å². The quantitative estimate of drug-likeness (QED) is 0.676. The van der Waals surface area contributed by atoms with Gasteiger partial charge >= 0.3 is 0 Å². The summed E-state index contributed by atoms with van der Waals surface area (Å²) < 4.78 is 0. The van der Waals surface area contributed by atoms with E-state index in [0.29, 0.717) is 6.54 Å². The van der Waals surface area contributed by atoms with Gasteiger partial charge in [0, 0.05) is 38.6 Å². The van der Waals surface area contributed by atoms with Gasteiger partial charge in [0.05, 0.1) is 12.0 Å². The smallest absolute Gasteiger partial charge is 0.225 e. The summed E-state index contributed by atoms with van der Waals surface area (Å²) in [6.45, 7) is 1.59. The molecule has 108 valence electrons. The molecule has 0 spiro atoms. The predicted molar refractivity (Wildman–Crippen MR) is 74.9 cm³/mol. The summed E-state index contributed by atoms with van der Waals surface area (Å²) >= 11 is 0. The molecule has 2 saturated heterocycles. The SMILES string of the molecule is CNC(=O)C1CNNC1C1CCCN1c1ncccn1. The number of aromatic nitrogens is 2. The fourth-order valence-electron chi connectivity index (χ4n) is 3.17. The molecule has 7 heteroatoms. The van der Waals surface area contributed by atoms with Gasteiger partial charge in [-0.25, -0.2) is 9.97 Å². The number of rotatable bonds is 3. The van der Waals surface area contributed by atoms with Crippen molar-refractivity contribution in [1.82, 2.24) is 26.1 Å². The lowest BCUT2D eigenvalue weighted by atomic mass is 9.93. The van der Waals surface area contributed by atoms with E-state index >= 15 is 0 Å². The maximum atomic E-state index is 12.0. The molecule has 2 fully saturated rings. The van der Waals surface area contributed by atoms with Crippen LogP contribution in [0.5, 0.6) is 0 Å². The fourth-order valence-corrected chi connectivity index (χ4v) is 3.17. The third-order valence-electron chi connectivity index (χ3n) is 4.13. The van der Waals surface area contributed by atoms with Gasteiger partial charge in [-0.3, -0.25) is 15.6 Å². The maximum Gasteiger partial charge on any atom is 0.225 e. The second-order valence-corrected chi connectivity index (χ2v) is 5.22. The molecule has 3 N–H and O–H groups in total. The number of hydrogen-bond donors (Lipinski definition) is 3. The molecule has 3 unspecified atom stereocenters. The summed E-state index contributed by atoms with van der Waals surface area (Å²) in [5.41, 5.74) is 6.36. The van der Waals surface area contributed by atoms with Gasteiger partial charge in [0.2, 0.25) is 11.9 Å². The molecule has 7 nitrogen and oxygen atoms in total. The summed E-state index contributed by atoms with van der Waals surface area (Å²) in [5.74, 6) is 0.766. The van der Waals surface area contributed by atoms with E-state index in [4.69, 9.17) is 0 Å². The van der Waals surface area contributed by atoms with E-state index in [-0.39, 0.29) is 23.9 Å². The molecule has 20 heavy (non-hydrogen) atoms. The van der Waals surface area contributed by atoms with E-state index in [1.807, 2.05) is 6.07 Å². The number of hydrogen-bond acceptors (Lipinski definition) is 6. The van der Waals surface area contributed by atoms with Crippen LogP contribution in [0.4, 0.5) is 5.95 Å². The molecule has 0 bridgehead atoms. The lowest BCUT2D eigenvalue weighted by Gasteiger charge is -2.31. The number of nitrogens with zero attached hydrogens (tertiary/aromatic N) is 3. The third kappa shape index (κ3) is 2.34. The zero-order chi connectivity index (χ0) is 13.9. The van der Waals surface area contributed by atoms with Gasteiger partial charge in [0.15, 0.2) is 0 Å². The molecule has 1 aromatic rings. The second kappa shape index (κ2) is 5.72. The van der Waals surface area contributed by atoms with Crippen molar-refractivity contribution in [2.75, 3.05) is 25.0 Å². The topological polar surface area (TPSA) is 82.2 Å². The van der Waals surface area contributed by atoms with Gasteiger partial charge in [0.1, 0.15) is 0 Å². The highest BCUT2D eigenvalue weighted by Crippen LogP contribution is 2.28. The molecular formula is C13H20N6O. The van der Waals surface area contributed by atoms with Crippen LogP contribution in [-0.2, 0) is 4.79 Å². The monoisotopic (exact) mass is 276 g/mol. The van der Waals surface area contributed by atoms with Crippen LogP contribution in [0.15, 0.2) is 18.5 Å². The molecule has 0 radical (unpaired) electrons. The first-order valence-corrected chi connectivity index (χ1v) is 7.05. The molecule has 3 rings (SSSR count). The van der Waals surface area contributed by atoms with Gasteiger partial charge in [-0.1, -0.05) is 0 Å². The van der Waals surface area contributed by atoms with Crippen molar-refractivity contribution in [2.24, 2.45) is 5.92 Å². The van der Waals surface area contributed by atoms with Gasteiger partial charge < -0.3 is 10.2 Å². The lowest BCUT2D eigenvalue weighted by Crippen LogP contribution is -2.51. The predicted octanol–water partition coefficient (Wildman–Crippen LogP) is -0.716. The molecule has 3 atom stereocenters. The number of carbonyl (C=O) groups excluding carboxylic acids is 1. The van der Waals surface area contributed by atoms with Crippen molar-refractivity contribution in [1.29, 1.82) is 0 Å². The zero-order valence-electron chi connectivity index (χ0n) is 11.5. The van der Waals surface area contributed by atoms with Gasteiger partial charge in [-0.15, -0.1) is 0 Å². The molecule has 2 aliphatic rings. The lowest BCUT2D eigenvalue weighted by molar-refractivity contribution is -0.124. The number of hydrazine groups is 1. The highest BCUT2D eigenvalue weighted by molar-refractivity contribution is 5.80. The summed E-state index contributed by atoms with van der Waals surface area (Å²) in [6, 6.07) is 2.15. The van der Waals surface area contributed by atoms with Crippen molar-refractivity contribution in [3.8, 4) is 0 Å². The van der Waals surface area contributed by atoms with Gasteiger partial charge in [-0.2, -0.15) is 0 Å². The first kappa shape index (κ1) is 13.3. The molecular weight excluding hydrogens is 256 g/mol. The van der Waals surface area contributed by atoms with Crippen molar-refractivity contribution in [2.45, 2.75) is 24.9 Å². The number of anilines is 1. The minimum Gasteiger partial charge on any atom is -0.359 e. The molecule has 0 aliphatic carbocycles. The van der Waals surface area contributed by atoms with Crippen molar-refractivity contribution >= 4 is 11.9 Å². The van der Waals surface area contributed by atoms with E-state index in [2.05, 4.69) is 31.0 Å². The molecule has 0 saturated carbocycles. The molecule has 2 aliphatic heterocycles. The highest BCUT2D eigenvalue weighted by atomic mass is 16.2. The summed E-state index contributed by atoms with van der Waals surface area (Å²) in [4.78, 5) is 22.9. The average molecular weight is 276 g/mol. The molecule has 1 aromatic heterocycles. The van der Waals surface area contributed by atoms with Gasteiger partial charge in [-0.05, 0) is 18.9 Å². The van der Waals surface area contributed by atoms with Crippen molar-refractivity contribution < 1.29 is 4.79 Å². The van der Waals surface area contributed by atoms with Crippen LogP contribution in [-0.4, -0.2) is 48.1 Å². The van der Waals surface area contributed by atoms with Crippen LogP contribution in [0.25, 0.3) is 0 Å². The zero-order valence-corrected chi connectivity index (χ0v) is 11.5. The number of carbonyl (C=O) groups is 1. The Kier molecular flexibility index (Phi) is 3.79. The Morgan fingerprint density at radius 1 is 1.45 bits per heavy atom. The molecule has 0 aromatic carbocycles. The van der Waals surface area contributed by atoms with Crippen LogP contribution in [0.1, 0.15) is 12.8 Å². The second-order valence-electron chi connectivity index (χ2n) is 5.22. The molecule has 1 amide bonds. The van der Waals surface area contributed by atoms with Crippen LogP contribution in [0, 0.1) is 5.92 Å². The highest BCUT2D eigenvalue weighted by Gasteiger charge is 2.42. The van der Waals surface area contributed by atoms with Crippen LogP contribution in [0.2, 0.25) is 0 Å². The van der Waals surface area contributed by atoms with E-state index in [0.717, 1.165) is 25.3 Å². The van der Waals surface area contributed by atoms with E-state index in [9.17, 15) is 4.79 Å². The standard InChI is InChI=1S/C13H20N6O/c1-14-12(20)9-8-17-18-11(9)10-4-2-7-19(10)13-15-5-3-6-16-13/h3,5-6,9-11,17-18H,2,4,7-8H2,1H3,(H,14,20). The Morgan fingerprint density at radius 3 is 3.00 bits per heavy atom. The van der Waals surface area contributed by atoms with Crippen LogP contribution < -0.4 is 21.1 Å².